The summed E-state index contributed by atoms with van der Waals surface area (Å²) in [5.41, 5.74) is 2.62. The Morgan fingerprint density at radius 1 is 1.09 bits per heavy atom. The number of carbonyl (C=O) groups excluding carboxylic acids is 1. The molecule has 13 heteroatoms. The van der Waals surface area contributed by atoms with Crippen molar-refractivity contribution < 1.29 is 35.9 Å². The molecule has 0 atom stereocenters. The van der Waals surface area contributed by atoms with Crippen molar-refractivity contribution in [3.05, 3.63) is 53.6 Å². The van der Waals surface area contributed by atoms with E-state index in [-0.39, 0.29) is 47.3 Å². The fourth-order valence-electron chi connectivity index (χ4n) is 3.29. The van der Waals surface area contributed by atoms with Crippen LogP contribution in [0.3, 0.4) is 0 Å². The Bertz CT molecular complexity index is 1170. The van der Waals surface area contributed by atoms with Gasteiger partial charge in [0.05, 0.1) is 5.02 Å². The van der Waals surface area contributed by atoms with Gasteiger partial charge < -0.3 is 9.47 Å². The minimum Gasteiger partial charge on any atom is -0.478 e. The van der Waals surface area contributed by atoms with Gasteiger partial charge in [-0.2, -0.15) is 17.5 Å². The van der Waals surface area contributed by atoms with Crippen molar-refractivity contribution in [1.29, 1.82) is 0 Å². The molecule has 0 radical (unpaired) electrons. The van der Waals surface area contributed by atoms with Gasteiger partial charge >= 0.3 is 12.3 Å². The van der Waals surface area contributed by atoms with Crippen molar-refractivity contribution in [3.8, 4) is 5.75 Å². The lowest BCUT2D eigenvalue weighted by Gasteiger charge is -2.37. The SMILES string of the molecule is CC(C)(Oc1ccc(NC(=O)OC2(N)CCN(S(=O)(=O)c3ccccc3Cl)CC2)cc1)C(F)(F)F. The minimum atomic E-state index is -4.56. The highest BCUT2D eigenvalue weighted by molar-refractivity contribution is 7.89. The second kappa shape index (κ2) is 9.84. The summed E-state index contributed by atoms with van der Waals surface area (Å²) in [6, 6.07) is 11.3. The van der Waals surface area contributed by atoms with Crippen LogP contribution in [-0.2, 0) is 14.8 Å². The van der Waals surface area contributed by atoms with Gasteiger partial charge in [-0.05, 0) is 50.2 Å². The number of nitrogens with one attached hydrogen (secondary N) is 1. The predicted octanol–water partition coefficient (Wildman–Crippen LogP) is 4.75. The molecule has 0 aliphatic carbocycles. The molecular weight excluding hydrogens is 511 g/mol. The molecule has 3 N–H and O–H groups in total. The number of hydrogen-bond donors (Lipinski definition) is 2. The lowest BCUT2D eigenvalue weighted by atomic mass is 10.0. The molecule has 0 spiro atoms. The molecule has 0 unspecified atom stereocenters. The van der Waals surface area contributed by atoms with Crippen LogP contribution in [0.4, 0.5) is 23.7 Å². The maximum atomic E-state index is 13.0. The number of carbonyl (C=O) groups is 1. The summed E-state index contributed by atoms with van der Waals surface area (Å²) in [4.78, 5) is 12.3. The van der Waals surface area contributed by atoms with E-state index in [1.54, 1.807) is 12.1 Å². The van der Waals surface area contributed by atoms with Crippen molar-refractivity contribution >= 4 is 33.4 Å². The maximum absolute atomic E-state index is 13.0. The van der Waals surface area contributed by atoms with Crippen LogP contribution in [0.15, 0.2) is 53.4 Å². The van der Waals surface area contributed by atoms with Gasteiger partial charge in [0.1, 0.15) is 10.6 Å². The molecule has 8 nitrogen and oxygen atoms in total. The molecule has 35 heavy (non-hydrogen) atoms. The zero-order valence-corrected chi connectivity index (χ0v) is 20.5. The molecule has 3 rings (SSSR count). The van der Waals surface area contributed by atoms with E-state index < -0.39 is 33.6 Å². The molecule has 0 bridgehead atoms. The largest absolute Gasteiger partial charge is 0.478 e. The second-order valence-corrected chi connectivity index (χ2v) is 10.9. The summed E-state index contributed by atoms with van der Waals surface area (Å²) >= 11 is 6.03. The van der Waals surface area contributed by atoms with Gasteiger partial charge in [-0.25, -0.2) is 13.2 Å². The number of nitrogens with zero attached hydrogens (tertiary/aromatic N) is 1. The Kier molecular flexibility index (Phi) is 7.61. The fourth-order valence-corrected chi connectivity index (χ4v) is 5.22. The van der Waals surface area contributed by atoms with Crippen LogP contribution in [-0.4, -0.2) is 49.4 Å². The first-order valence-corrected chi connectivity index (χ1v) is 12.3. The molecule has 1 heterocycles. The van der Waals surface area contributed by atoms with Crippen LogP contribution in [0.1, 0.15) is 26.7 Å². The molecule has 1 saturated heterocycles. The lowest BCUT2D eigenvalue weighted by molar-refractivity contribution is -0.234. The molecule has 1 fully saturated rings. The Morgan fingerprint density at radius 2 is 1.66 bits per heavy atom. The zero-order valence-electron chi connectivity index (χ0n) is 18.9. The van der Waals surface area contributed by atoms with E-state index in [9.17, 15) is 26.4 Å². The monoisotopic (exact) mass is 535 g/mol. The first kappa shape index (κ1) is 27.1. The normalized spacial score (nSPS) is 17.0. The smallest absolute Gasteiger partial charge is 0.427 e. The molecule has 1 amide bonds. The van der Waals surface area contributed by atoms with E-state index in [1.165, 1.54) is 40.7 Å². The number of amides is 1. The second-order valence-electron chi connectivity index (χ2n) is 8.55. The number of alkyl halides is 3. The average molecular weight is 536 g/mol. The van der Waals surface area contributed by atoms with Crippen molar-refractivity contribution in [1.82, 2.24) is 4.31 Å². The number of nitrogens with two attached hydrogens (primary N) is 1. The first-order chi connectivity index (χ1) is 16.1. The van der Waals surface area contributed by atoms with E-state index in [0.717, 1.165) is 13.8 Å². The molecule has 192 valence electrons. The molecule has 1 aliphatic rings. The van der Waals surface area contributed by atoms with E-state index >= 15 is 0 Å². The van der Waals surface area contributed by atoms with E-state index in [4.69, 9.17) is 26.8 Å². The molecular formula is C22H25ClF3N3O5S. The molecule has 2 aromatic rings. The van der Waals surface area contributed by atoms with Gasteiger partial charge in [0.15, 0.2) is 11.3 Å². The van der Waals surface area contributed by atoms with Crippen LogP contribution in [0.5, 0.6) is 5.75 Å². The third kappa shape index (κ3) is 6.37. The predicted molar refractivity (Wildman–Crippen MR) is 124 cm³/mol. The van der Waals surface area contributed by atoms with Crippen molar-refractivity contribution in [3.63, 3.8) is 0 Å². The minimum absolute atomic E-state index is 0.0123. The van der Waals surface area contributed by atoms with E-state index in [1.807, 2.05) is 0 Å². The molecule has 0 aromatic heterocycles. The highest BCUT2D eigenvalue weighted by atomic mass is 35.5. The zero-order chi connectivity index (χ0) is 26.1. The van der Waals surface area contributed by atoms with E-state index in [0.29, 0.717) is 0 Å². The summed E-state index contributed by atoms with van der Waals surface area (Å²) in [6.07, 6.45) is -5.36. The van der Waals surface area contributed by atoms with Crippen LogP contribution in [0, 0.1) is 0 Å². The number of sulfonamides is 1. The molecule has 1 aliphatic heterocycles. The van der Waals surface area contributed by atoms with Gasteiger partial charge in [-0.15, -0.1) is 0 Å². The van der Waals surface area contributed by atoms with Crippen LogP contribution in [0.25, 0.3) is 0 Å². The number of ether oxygens (including phenoxy) is 2. The number of halogens is 4. The summed E-state index contributed by atoms with van der Waals surface area (Å²) in [5, 5.41) is 2.54. The van der Waals surface area contributed by atoms with Gasteiger partial charge in [-0.1, -0.05) is 23.7 Å². The van der Waals surface area contributed by atoms with Gasteiger partial charge in [0.25, 0.3) is 0 Å². The van der Waals surface area contributed by atoms with Crippen molar-refractivity contribution in [2.24, 2.45) is 5.73 Å². The Labute approximate surface area is 206 Å². The summed E-state index contributed by atoms with van der Waals surface area (Å²) in [7, 11) is -3.84. The summed E-state index contributed by atoms with van der Waals surface area (Å²) < 4.78 is 76.2. The Hall–Kier alpha value is -2.54. The van der Waals surface area contributed by atoms with Crippen LogP contribution < -0.4 is 15.8 Å². The number of anilines is 1. The van der Waals surface area contributed by atoms with Crippen molar-refractivity contribution in [2.75, 3.05) is 18.4 Å². The third-order valence-electron chi connectivity index (χ3n) is 5.48. The lowest BCUT2D eigenvalue weighted by Crippen LogP contribution is -2.54. The Morgan fingerprint density at radius 3 is 2.20 bits per heavy atom. The maximum Gasteiger partial charge on any atom is 0.427 e. The number of benzene rings is 2. The summed E-state index contributed by atoms with van der Waals surface area (Å²) in [5.74, 6) is -0.0337. The number of hydrogen-bond acceptors (Lipinski definition) is 6. The van der Waals surface area contributed by atoms with Crippen LogP contribution >= 0.6 is 11.6 Å². The summed E-state index contributed by atoms with van der Waals surface area (Å²) in [6.45, 7) is 1.83. The number of piperidine rings is 1. The Balaban J connectivity index is 1.56. The average Bonchev–Trinajstić information content (AvgIpc) is 2.74. The highest BCUT2D eigenvalue weighted by Crippen LogP contribution is 2.34. The fraction of sp³-hybridized carbons (Fsp3) is 0.409. The number of rotatable bonds is 6. The molecule has 0 saturated carbocycles. The first-order valence-electron chi connectivity index (χ1n) is 10.5. The molecule has 2 aromatic carbocycles. The third-order valence-corrected chi connectivity index (χ3v) is 7.87. The van der Waals surface area contributed by atoms with E-state index in [2.05, 4.69) is 5.32 Å². The van der Waals surface area contributed by atoms with Crippen molar-refractivity contribution in [2.45, 2.75) is 49.1 Å². The quantitative estimate of drug-likeness (QED) is 0.517. The van der Waals surface area contributed by atoms with Crippen LogP contribution in [0.2, 0.25) is 5.02 Å². The van der Waals surface area contributed by atoms with Gasteiger partial charge in [0.2, 0.25) is 10.0 Å². The standard InChI is InChI=1S/C22H25ClF3N3O5S/c1-20(2,22(24,25)26)33-16-9-7-15(8-10-16)28-19(30)34-21(27)11-13-29(14-12-21)35(31,32)18-6-4-3-5-17(18)23/h3-10H,11-14,27H2,1-2H3,(H,28,30). The topological polar surface area (TPSA) is 111 Å². The van der Waals surface area contributed by atoms with Gasteiger partial charge in [-0.3, -0.25) is 11.1 Å². The van der Waals surface area contributed by atoms with Gasteiger partial charge in [0, 0.05) is 31.6 Å². The highest BCUT2D eigenvalue weighted by Gasteiger charge is 2.49.